The molecule has 0 N–H and O–H groups in total. The third-order valence-electron chi connectivity index (χ3n) is 4.07. The first-order chi connectivity index (χ1) is 13.5. The standard InChI is InChI=1S/C19H14F3N5S/c20-19(21,22)15-8-4-7-14(9-15)11-28-18-16-17(23-12-24-18)27(26-25-16)10-13-5-2-1-3-6-13/h1-9,12H,10-11H2. The van der Waals surface area contributed by atoms with Gasteiger partial charge < -0.3 is 0 Å². The maximum Gasteiger partial charge on any atom is 0.416 e. The Morgan fingerprint density at radius 3 is 2.50 bits per heavy atom. The number of hydrogen-bond donors (Lipinski definition) is 0. The lowest BCUT2D eigenvalue weighted by Gasteiger charge is -2.08. The van der Waals surface area contributed by atoms with Crippen LogP contribution in [0.25, 0.3) is 11.2 Å². The van der Waals surface area contributed by atoms with E-state index in [9.17, 15) is 13.2 Å². The minimum atomic E-state index is -4.36. The lowest BCUT2D eigenvalue weighted by Crippen LogP contribution is -2.05. The second-order valence-electron chi connectivity index (χ2n) is 6.07. The zero-order valence-corrected chi connectivity index (χ0v) is 15.3. The van der Waals surface area contributed by atoms with Crippen molar-refractivity contribution in [2.24, 2.45) is 0 Å². The van der Waals surface area contributed by atoms with Crippen molar-refractivity contribution in [2.45, 2.75) is 23.5 Å². The van der Waals surface area contributed by atoms with Gasteiger partial charge in [-0.05, 0) is 17.2 Å². The number of fused-ring (bicyclic) bond motifs is 1. The number of alkyl halides is 3. The highest BCUT2D eigenvalue weighted by atomic mass is 32.2. The zero-order chi connectivity index (χ0) is 19.6. The smallest absolute Gasteiger partial charge is 0.227 e. The highest BCUT2D eigenvalue weighted by Gasteiger charge is 2.30. The Bertz CT molecular complexity index is 1100. The van der Waals surface area contributed by atoms with Crippen molar-refractivity contribution in [1.29, 1.82) is 0 Å². The molecule has 28 heavy (non-hydrogen) atoms. The summed E-state index contributed by atoms with van der Waals surface area (Å²) in [5, 5.41) is 8.91. The third-order valence-corrected chi connectivity index (χ3v) is 5.12. The predicted octanol–water partition coefficient (Wildman–Crippen LogP) is 4.58. The number of aromatic nitrogens is 5. The molecule has 0 aliphatic heterocycles. The van der Waals surface area contributed by atoms with Crippen molar-refractivity contribution in [1.82, 2.24) is 25.0 Å². The summed E-state index contributed by atoms with van der Waals surface area (Å²) in [6, 6.07) is 15.1. The zero-order valence-electron chi connectivity index (χ0n) is 14.5. The molecule has 2 aromatic heterocycles. The van der Waals surface area contributed by atoms with E-state index in [0.717, 1.165) is 17.7 Å². The van der Waals surface area contributed by atoms with Crippen LogP contribution in [-0.4, -0.2) is 25.0 Å². The van der Waals surface area contributed by atoms with Gasteiger partial charge in [-0.2, -0.15) is 13.2 Å². The van der Waals surface area contributed by atoms with E-state index in [1.54, 1.807) is 10.7 Å². The van der Waals surface area contributed by atoms with Crippen molar-refractivity contribution in [3.8, 4) is 0 Å². The van der Waals surface area contributed by atoms with Gasteiger partial charge in [0.25, 0.3) is 0 Å². The quantitative estimate of drug-likeness (QED) is 0.362. The van der Waals surface area contributed by atoms with E-state index in [4.69, 9.17) is 0 Å². The van der Waals surface area contributed by atoms with Crippen molar-refractivity contribution in [2.75, 3.05) is 0 Å². The first kappa shape index (κ1) is 18.4. The second-order valence-corrected chi connectivity index (χ2v) is 7.03. The monoisotopic (exact) mass is 401 g/mol. The molecule has 0 amide bonds. The number of hydrogen-bond acceptors (Lipinski definition) is 5. The van der Waals surface area contributed by atoms with Crippen LogP contribution in [0.1, 0.15) is 16.7 Å². The molecular formula is C19H14F3N5S. The summed E-state index contributed by atoms with van der Waals surface area (Å²) in [5.74, 6) is 0.335. The number of rotatable bonds is 5. The Morgan fingerprint density at radius 2 is 1.71 bits per heavy atom. The molecule has 0 saturated carbocycles. The molecule has 5 nitrogen and oxygen atoms in total. The molecule has 4 rings (SSSR count). The van der Waals surface area contributed by atoms with Gasteiger partial charge >= 0.3 is 6.18 Å². The fraction of sp³-hybridized carbons (Fsp3) is 0.158. The van der Waals surface area contributed by atoms with Crippen LogP contribution in [-0.2, 0) is 18.5 Å². The molecule has 4 aromatic rings. The largest absolute Gasteiger partial charge is 0.416 e. The molecular weight excluding hydrogens is 387 g/mol. The topological polar surface area (TPSA) is 56.5 Å². The molecule has 0 bridgehead atoms. The Hall–Kier alpha value is -2.94. The first-order valence-corrected chi connectivity index (χ1v) is 9.36. The van der Waals surface area contributed by atoms with E-state index in [2.05, 4.69) is 20.3 Å². The van der Waals surface area contributed by atoms with Crippen molar-refractivity contribution in [3.63, 3.8) is 0 Å². The number of halogens is 3. The highest BCUT2D eigenvalue weighted by Crippen LogP contribution is 2.31. The molecule has 0 aliphatic rings. The highest BCUT2D eigenvalue weighted by molar-refractivity contribution is 7.98. The van der Waals surface area contributed by atoms with E-state index in [1.165, 1.54) is 24.2 Å². The Morgan fingerprint density at radius 1 is 0.929 bits per heavy atom. The molecule has 0 atom stereocenters. The van der Waals surface area contributed by atoms with E-state index < -0.39 is 11.7 Å². The van der Waals surface area contributed by atoms with E-state index in [0.29, 0.717) is 34.1 Å². The molecule has 142 valence electrons. The Kier molecular flexibility index (Phi) is 4.99. The van der Waals surface area contributed by atoms with Crippen LogP contribution in [0.2, 0.25) is 0 Å². The fourth-order valence-electron chi connectivity index (χ4n) is 2.73. The van der Waals surface area contributed by atoms with Gasteiger partial charge in [0.05, 0.1) is 12.1 Å². The van der Waals surface area contributed by atoms with Gasteiger partial charge in [-0.1, -0.05) is 65.5 Å². The van der Waals surface area contributed by atoms with Gasteiger partial charge in [0.15, 0.2) is 11.2 Å². The predicted molar refractivity (Wildman–Crippen MR) is 99.7 cm³/mol. The van der Waals surface area contributed by atoms with Crippen molar-refractivity contribution < 1.29 is 13.2 Å². The first-order valence-electron chi connectivity index (χ1n) is 8.38. The SMILES string of the molecule is FC(F)(F)c1cccc(CSc2ncnc3c2nnn3Cc2ccccc2)c1. The van der Waals surface area contributed by atoms with Crippen LogP contribution < -0.4 is 0 Å². The van der Waals surface area contributed by atoms with E-state index >= 15 is 0 Å². The van der Waals surface area contributed by atoms with Gasteiger partial charge in [0.1, 0.15) is 11.4 Å². The number of thioether (sulfide) groups is 1. The molecule has 0 saturated heterocycles. The molecule has 2 heterocycles. The second kappa shape index (κ2) is 7.59. The Balaban J connectivity index is 1.55. The van der Waals surface area contributed by atoms with Gasteiger partial charge in [-0.25, -0.2) is 14.6 Å². The maximum atomic E-state index is 12.9. The molecule has 0 radical (unpaired) electrons. The van der Waals surface area contributed by atoms with Crippen LogP contribution in [0.4, 0.5) is 13.2 Å². The molecule has 0 fully saturated rings. The Labute approximate surface area is 162 Å². The summed E-state index contributed by atoms with van der Waals surface area (Å²) in [6.45, 7) is 0.520. The third kappa shape index (κ3) is 3.99. The number of benzene rings is 2. The molecule has 2 aromatic carbocycles. The van der Waals surface area contributed by atoms with E-state index in [-0.39, 0.29) is 0 Å². The van der Waals surface area contributed by atoms with Crippen molar-refractivity contribution >= 4 is 22.9 Å². The molecule has 0 unspecified atom stereocenters. The fourth-order valence-corrected chi connectivity index (χ4v) is 3.60. The summed E-state index contributed by atoms with van der Waals surface area (Å²) < 4.78 is 40.3. The van der Waals surface area contributed by atoms with Gasteiger partial charge in [-0.3, -0.25) is 0 Å². The minimum Gasteiger partial charge on any atom is -0.227 e. The van der Waals surface area contributed by atoms with Gasteiger partial charge in [0.2, 0.25) is 0 Å². The van der Waals surface area contributed by atoms with Crippen molar-refractivity contribution in [3.05, 3.63) is 77.6 Å². The molecule has 0 spiro atoms. The van der Waals surface area contributed by atoms with Crippen LogP contribution in [0.5, 0.6) is 0 Å². The maximum absolute atomic E-state index is 12.9. The summed E-state index contributed by atoms with van der Waals surface area (Å²) >= 11 is 1.31. The number of nitrogens with zero attached hydrogens (tertiary/aromatic N) is 5. The van der Waals surface area contributed by atoms with Gasteiger partial charge in [0, 0.05) is 5.75 Å². The summed E-state index contributed by atoms with van der Waals surface area (Å²) in [7, 11) is 0. The normalized spacial score (nSPS) is 11.8. The van der Waals surface area contributed by atoms with E-state index in [1.807, 2.05) is 30.3 Å². The lowest BCUT2D eigenvalue weighted by molar-refractivity contribution is -0.137. The molecule has 9 heteroatoms. The summed E-state index contributed by atoms with van der Waals surface area (Å²) in [5.41, 5.74) is 2.09. The average Bonchev–Trinajstić information content (AvgIpc) is 3.10. The van der Waals surface area contributed by atoms with Crippen LogP contribution >= 0.6 is 11.8 Å². The lowest BCUT2D eigenvalue weighted by atomic mass is 10.1. The van der Waals surface area contributed by atoms with Crippen LogP contribution in [0, 0.1) is 0 Å². The molecule has 0 aliphatic carbocycles. The summed E-state index contributed by atoms with van der Waals surface area (Å²) in [6.07, 6.45) is -2.94. The summed E-state index contributed by atoms with van der Waals surface area (Å²) in [4.78, 5) is 8.49. The minimum absolute atomic E-state index is 0.335. The van der Waals surface area contributed by atoms with Gasteiger partial charge in [-0.15, -0.1) is 5.10 Å². The average molecular weight is 401 g/mol. The van der Waals surface area contributed by atoms with Crippen LogP contribution in [0.3, 0.4) is 0 Å². The van der Waals surface area contributed by atoms with Crippen LogP contribution in [0.15, 0.2) is 66.0 Å².